The second-order valence-electron chi connectivity index (χ2n) is 6.63. The number of rotatable bonds is 9. The Morgan fingerprint density at radius 1 is 1.27 bits per heavy atom. The molecule has 1 aliphatic carbocycles. The predicted molar refractivity (Wildman–Crippen MR) is 103 cm³/mol. The van der Waals surface area contributed by atoms with Crippen LogP contribution in [-0.4, -0.2) is 38.9 Å². The monoisotopic (exact) mass is 402 g/mol. The van der Waals surface area contributed by atoms with Gasteiger partial charge in [-0.25, -0.2) is 12.8 Å². The van der Waals surface area contributed by atoms with Crippen molar-refractivity contribution in [2.24, 2.45) is 5.92 Å². The second kappa shape index (κ2) is 10.3. The van der Waals surface area contributed by atoms with Crippen LogP contribution in [0.3, 0.4) is 0 Å². The van der Waals surface area contributed by atoms with Gasteiger partial charge in [-0.15, -0.1) is 0 Å². The molecule has 0 saturated heterocycles. The quantitative estimate of drug-likeness (QED) is 0.666. The molecule has 1 aliphatic rings. The van der Waals surface area contributed by atoms with Crippen molar-refractivity contribution < 1.29 is 17.6 Å². The van der Waals surface area contributed by atoms with Crippen LogP contribution in [0.5, 0.6) is 0 Å². The first-order valence-corrected chi connectivity index (χ1v) is 11.8. The average Bonchev–Trinajstić information content (AvgIpc) is 2.64. The molecule has 1 saturated carbocycles. The van der Waals surface area contributed by atoms with E-state index in [4.69, 9.17) is 0 Å². The number of hydrogen-bond donors (Lipinski definition) is 2. The van der Waals surface area contributed by atoms with Crippen LogP contribution in [0.25, 0.3) is 0 Å². The van der Waals surface area contributed by atoms with Crippen molar-refractivity contribution >= 4 is 27.7 Å². The molecule has 26 heavy (non-hydrogen) atoms. The van der Waals surface area contributed by atoms with Gasteiger partial charge in [-0.3, -0.25) is 4.79 Å². The van der Waals surface area contributed by atoms with E-state index in [1.807, 2.05) is 6.26 Å². The zero-order valence-electron chi connectivity index (χ0n) is 15.0. The van der Waals surface area contributed by atoms with Crippen LogP contribution in [0.4, 0.5) is 4.39 Å². The minimum absolute atomic E-state index is 0.343. The SMILES string of the molecule is CSCCC(NS(=O)(=O)c1ccccc1F)C(=O)NCC1CCCCC1. The third-order valence-corrected chi connectivity index (χ3v) is 6.79. The topological polar surface area (TPSA) is 75.3 Å². The lowest BCUT2D eigenvalue weighted by molar-refractivity contribution is -0.123. The van der Waals surface area contributed by atoms with E-state index in [0.717, 1.165) is 18.9 Å². The first kappa shape index (κ1) is 21.2. The second-order valence-corrected chi connectivity index (χ2v) is 9.30. The van der Waals surface area contributed by atoms with E-state index >= 15 is 0 Å². The van der Waals surface area contributed by atoms with Crippen molar-refractivity contribution in [3.8, 4) is 0 Å². The van der Waals surface area contributed by atoms with E-state index in [2.05, 4.69) is 10.0 Å². The molecule has 1 unspecified atom stereocenters. The summed E-state index contributed by atoms with van der Waals surface area (Å²) in [5, 5.41) is 2.88. The Labute approximate surface area is 159 Å². The van der Waals surface area contributed by atoms with Gasteiger partial charge in [0.15, 0.2) is 0 Å². The maximum Gasteiger partial charge on any atom is 0.244 e. The summed E-state index contributed by atoms with van der Waals surface area (Å²) in [5.41, 5.74) is 0. The summed E-state index contributed by atoms with van der Waals surface area (Å²) in [4.78, 5) is 12.1. The molecule has 0 heterocycles. The van der Waals surface area contributed by atoms with Crippen LogP contribution in [0, 0.1) is 11.7 Å². The molecule has 5 nitrogen and oxygen atoms in total. The number of sulfonamides is 1. The minimum Gasteiger partial charge on any atom is -0.354 e. The summed E-state index contributed by atoms with van der Waals surface area (Å²) in [6.07, 6.45) is 8.02. The molecule has 1 aromatic rings. The molecular formula is C18H27FN2O3S2. The van der Waals surface area contributed by atoms with Crippen molar-refractivity contribution in [1.29, 1.82) is 0 Å². The molecule has 0 aromatic heterocycles. The third-order valence-electron chi connectivity index (χ3n) is 4.64. The fourth-order valence-electron chi connectivity index (χ4n) is 3.15. The molecule has 146 valence electrons. The highest BCUT2D eigenvalue weighted by Gasteiger charge is 2.27. The summed E-state index contributed by atoms with van der Waals surface area (Å²) in [5.74, 6) is -0.0887. The van der Waals surface area contributed by atoms with E-state index in [1.54, 1.807) is 0 Å². The van der Waals surface area contributed by atoms with Crippen LogP contribution >= 0.6 is 11.8 Å². The normalized spacial score (nSPS) is 17.0. The zero-order chi connectivity index (χ0) is 19.0. The Bertz CT molecular complexity index is 691. The van der Waals surface area contributed by atoms with E-state index in [-0.39, 0.29) is 5.91 Å². The summed E-state index contributed by atoms with van der Waals surface area (Å²) >= 11 is 1.53. The lowest BCUT2D eigenvalue weighted by Gasteiger charge is -2.24. The van der Waals surface area contributed by atoms with E-state index in [9.17, 15) is 17.6 Å². The van der Waals surface area contributed by atoms with Crippen molar-refractivity contribution in [3.05, 3.63) is 30.1 Å². The van der Waals surface area contributed by atoms with Gasteiger partial charge in [0.25, 0.3) is 0 Å². The first-order valence-electron chi connectivity index (χ1n) is 8.97. The number of amides is 1. The number of thioether (sulfide) groups is 1. The fourth-order valence-corrected chi connectivity index (χ4v) is 4.93. The Morgan fingerprint density at radius 3 is 2.62 bits per heavy atom. The minimum atomic E-state index is -4.10. The van der Waals surface area contributed by atoms with Crippen molar-refractivity contribution in [1.82, 2.24) is 10.0 Å². The zero-order valence-corrected chi connectivity index (χ0v) is 16.7. The molecule has 1 amide bonds. The van der Waals surface area contributed by atoms with Crippen molar-refractivity contribution in [3.63, 3.8) is 0 Å². The number of carbonyl (C=O) groups excluding carboxylic acids is 1. The van der Waals surface area contributed by atoms with Crippen LogP contribution in [0.1, 0.15) is 38.5 Å². The van der Waals surface area contributed by atoms with Gasteiger partial charge in [-0.2, -0.15) is 16.5 Å². The van der Waals surface area contributed by atoms with E-state index in [0.29, 0.717) is 24.6 Å². The summed E-state index contributed by atoms with van der Waals surface area (Å²) < 4.78 is 41.2. The largest absolute Gasteiger partial charge is 0.354 e. The third kappa shape index (κ3) is 6.25. The van der Waals surface area contributed by atoms with Crippen molar-refractivity contribution in [2.75, 3.05) is 18.6 Å². The predicted octanol–water partition coefficient (Wildman–Crippen LogP) is 2.92. The summed E-state index contributed by atoms with van der Waals surface area (Å²) in [6.45, 7) is 0.566. The number of carbonyl (C=O) groups is 1. The lowest BCUT2D eigenvalue weighted by Crippen LogP contribution is -2.48. The van der Waals surface area contributed by atoms with Gasteiger partial charge < -0.3 is 5.32 Å². The van der Waals surface area contributed by atoms with Crippen LogP contribution in [-0.2, 0) is 14.8 Å². The van der Waals surface area contributed by atoms with Gasteiger partial charge in [0.05, 0.1) is 0 Å². The van der Waals surface area contributed by atoms with E-state index < -0.39 is 26.8 Å². The van der Waals surface area contributed by atoms with Crippen LogP contribution in [0.15, 0.2) is 29.2 Å². The molecule has 0 aliphatic heterocycles. The summed E-state index contributed by atoms with van der Waals surface area (Å²) in [6, 6.07) is 4.27. The molecule has 2 N–H and O–H groups in total. The van der Waals surface area contributed by atoms with Gasteiger partial charge in [-0.05, 0) is 49.3 Å². The van der Waals surface area contributed by atoms with Gasteiger partial charge in [0, 0.05) is 6.54 Å². The molecular weight excluding hydrogens is 375 g/mol. The number of nitrogens with one attached hydrogen (secondary N) is 2. The highest BCUT2D eigenvalue weighted by molar-refractivity contribution is 7.98. The molecule has 1 atom stereocenters. The Hall–Kier alpha value is -1.12. The van der Waals surface area contributed by atoms with Crippen LogP contribution < -0.4 is 10.0 Å². The van der Waals surface area contributed by atoms with Crippen LogP contribution in [0.2, 0.25) is 0 Å². The number of hydrogen-bond acceptors (Lipinski definition) is 4. The Kier molecular flexibility index (Phi) is 8.37. The molecule has 0 radical (unpaired) electrons. The molecule has 8 heteroatoms. The molecule has 0 bridgehead atoms. The number of halogens is 1. The highest BCUT2D eigenvalue weighted by Crippen LogP contribution is 2.23. The summed E-state index contributed by atoms with van der Waals surface area (Å²) in [7, 11) is -4.10. The van der Waals surface area contributed by atoms with Gasteiger partial charge in [-0.1, -0.05) is 31.4 Å². The molecule has 0 spiro atoms. The standard InChI is InChI=1S/C18H27FN2O3S2/c1-25-12-11-16(18(22)20-13-14-7-3-2-4-8-14)21-26(23,24)17-10-6-5-9-15(17)19/h5-6,9-10,14,16,21H,2-4,7-8,11-13H2,1H3,(H,20,22). The van der Waals surface area contributed by atoms with Gasteiger partial charge >= 0.3 is 0 Å². The molecule has 1 fully saturated rings. The maximum absolute atomic E-state index is 13.9. The first-order chi connectivity index (χ1) is 12.4. The average molecular weight is 403 g/mol. The number of benzene rings is 1. The van der Waals surface area contributed by atoms with Gasteiger partial charge in [0.2, 0.25) is 15.9 Å². The molecule has 1 aromatic carbocycles. The van der Waals surface area contributed by atoms with Gasteiger partial charge in [0.1, 0.15) is 16.8 Å². The maximum atomic E-state index is 13.9. The Morgan fingerprint density at radius 2 is 1.96 bits per heavy atom. The van der Waals surface area contributed by atoms with E-state index in [1.165, 1.54) is 49.2 Å². The van der Waals surface area contributed by atoms with Crippen molar-refractivity contribution in [2.45, 2.75) is 49.5 Å². The fraction of sp³-hybridized carbons (Fsp3) is 0.611. The Balaban J connectivity index is 2.03. The molecule has 2 rings (SSSR count). The smallest absolute Gasteiger partial charge is 0.244 e. The highest BCUT2D eigenvalue weighted by atomic mass is 32.2. The lowest BCUT2D eigenvalue weighted by atomic mass is 9.89.